The number of anilines is 1. The number of carbonyl (C=O) groups is 1. The Morgan fingerprint density at radius 1 is 1.13 bits per heavy atom. The molecule has 3 heterocycles. The maximum Gasteiger partial charge on any atom is 0.256 e. The van der Waals surface area contributed by atoms with Crippen molar-refractivity contribution < 1.29 is 9.53 Å². The Labute approximate surface area is 180 Å². The summed E-state index contributed by atoms with van der Waals surface area (Å²) in [5.41, 5.74) is 4.18. The molecule has 2 aromatic carbocycles. The zero-order chi connectivity index (χ0) is 20.5. The van der Waals surface area contributed by atoms with Gasteiger partial charge in [0, 0.05) is 18.0 Å². The molecule has 1 aromatic heterocycles. The van der Waals surface area contributed by atoms with Crippen LogP contribution in [0.4, 0.5) is 5.00 Å². The summed E-state index contributed by atoms with van der Waals surface area (Å²) in [7, 11) is 0. The van der Waals surface area contributed by atoms with E-state index in [4.69, 9.17) is 4.74 Å². The van der Waals surface area contributed by atoms with Crippen LogP contribution < -0.4 is 15.4 Å². The maximum atomic E-state index is 13.0. The molecule has 0 aliphatic carbocycles. The van der Waals surface area contributed by atoms with Gasteiger partial charge in [-0.3, -0.25) is 9.69 Å². The number of likely N-dealkylation sites (N-methyl/N-ethyl adjacent to an activating group) is 1. The van der Waals surface area contributed by atoms with Gasteiger partial charge in [-0.1, -0.05) is 49.4 Å². The molecule has 5 rings (SSSR count). The van der Waals surface area contributed by atoms with Gasteiger partial charge in [0.25, 0.3) is 5.91 Å². The summed E-state index contributed by atoms with van der Waals surface area (Å²) in [5, 5.41) is 7.67. The number of thiophene rings is 1. The van der Waals surface area contributed by atoms with Crippen molar-refractivity contribution in [1.29, 1.82) is 0 Å². The van der Waals surface area contributed by atoms with Crippen molar-refractivity contribution in [3.05, 3.63) is 81.7 Å². The molecule has 0 unspecified atom stereocenters. The Morgan fingerprint density at radius 3 is 2.83 bits per heavy atom. The number of ether oxygens (including phenoxy) is 1. The molecule has 0 bridgehead atoms. The van der Waals surface area contributed by atoms with Crippen LogP contribution in [-0.4, -0.2) is 23.9 Å². The molecule has 2 N–H and O–H groups in total. The van der Waals surface area contributed by atoms with Gasteiger partial charge in [-0.15, -0.1) is 11.3 Å². The average Bonchev–Trinajstić information content (AvgIpc) is 3.16. The first-order valence-electron chi connectivity index (χ1n) is 10.4. The predicted octanol–water partition coefficient (Wildman–Crippen LogP) is 4.56. The predicted molar refractivity (Wildman–Crippen MR) is 120 cm³/mol. The highest BCUT2D eigenvalue weighted by molar-refractivity contribution is 7.16. The second-order valence-corrected chi connectivity index (χ2v) is 8.83. The minimum Gasteiger partial charge on any atom is -0.489 e. The summed E-state index contributed by atoms with van der Waals surface area (Å²) < 4.78 is 5.97. The maximum absolute atomic E-state index is 13.0. The first-order valence-corrected chi connectivity index (χ1v) is 11.2. The van der Waals surface area contributed by atoms with Crippen LogP contribution in [0.2, 0.25) is 0 Å². The highest BCUT2D eigenvalue weighted by atomic mass is 32.1. The Kier molecular flexibility index (Phi) is 5.19. The number of rotatable bonds is 5. The molecule has 30 heavy (non-hydrogen) atoms. The van der Waals surface area contributed by atoms with Crippen molar-refractivity contribution in [1.82, 2.24) is 10.2 Å². The molecule has 2 aliphatic heterocycles. The van der Waals surface area contributed by atoms with Gasteiger partial charge in [-0.05, 0) is 41.8 Å². The first kappa shape index (κ1) is 19.2. The van der Waals surface area contributed by atoms with Crippen LogP contribution in [0, 0.1) is 0 Å². The Bertz CT molecular complexity index is 1060. The number of carbonyl (C=O) groups excluding carboxylic acids is 1. The number of hydrogen-bond donors (Lipinski definition) is 2. The number of benzene rings is 2. The van der Waals surface area contributed by atoms with Crippen molar-refractivity contribution in [3.63, 3.8) is 0 Å². The van der Waals surface area contributed by atoms with Crippen LogP contribution in [0.1, 0.15) is 45.0 Å². The van der Waals surface area contributed by atoms with Gasteiger partial charge in [0.2, 0.25) is 0 Å². The van der Waals surface area contributed by atoms with Crippen LogP contribution in [0.3, 0.4) is 0 Å². The molecule has 3 aromatic rings. The number of fused-ring (bicyclic) bond motifs is 3. The van der Waals surface area contributed by atoms with Gasteiger partial charge in [0.1, 0.15) is 23.5 Å². The van der Waals surface area contributed by atoms with Gasteiger partial charge < -0.3 is 15.4 Å². The van der Waals surface area contributed by atoms with Gasteiger partial charge in [-0.2, -0.15) is 0 Å². The smallest absolute Gasteiger partial charge is 0.256 e. The third-order valence-electron chi connectivity index (χ3n) is 5.80. The summed E-state index contributed by atoms with van der Waals surface area (Å²) in [4.78, 5) is 16.7. The standard InChI is InChI=1S/C24H25N3O2S/c1-2-27-12-11-19-20(14-27)30-24-21(19)23(28)25-22(26-24)17-9-6-10-18(13-17)29-15-16-7-4-3-5-8-16/h3-10,13,22,26H,2,11-12,14-15H2,1H3,(H,25,28)/t22-/m0/s1. The van der Waals surface area contributed by atoms with Gasteiger partial charge in [-0.25, -0.2) is 0 Å². The number of hydrogen-bond acceptors (Lipinski definition) is 5. The highest BCUT2D eigenvalue weighted by Gasteiger charge is 2.33. The van der Waals surface area contributed by atoms with E-state index in [1.807, 2.05) is 54.6 Å². The average molecular weight is 420 g/mol. The second kappa shape index (κ2) is 8.13. The van der Waals surface area contributed by atoms with Crippen LogP contribution >= 0.6 is 11.3 Å². The Hall–Kier alpha value is -2.83. The molecule has 154 valence electrons. The third kappa shape index (κ3) is 3.68. The molecule has 5 nitrogen and oxygen atoms in total. The van der Waals surface area contributed by atoms with E-state index in [0.29, 0.717) is 6.61 Å². The van der Waals surface area contributed by atoms with E-state index < -0.39 is 0 Å². The summed E-state index contributed by atoms with van der Waals surface area (Å²) in [5.74, 6) is 0.814. The molecular formula is C24H25N3O2S. The lowest BCUT2D eigenvalue weighted by molar-refractivity contribution is 0.0934. The lowest BCUT2D eigenvalue weighted by Crippen LogP contribution is -2.38. The van der Waals surface area contributed by atoms with Crippen LogP contribution in [0.15, 0.2) is 54.6 Å². The molecule has 0 saturated carbocycles. The fourth-order valence-electron chi connectivity index (χ4n) is 4.13. The topological polar surface area (TPSA) is 53.6 Å². The second-order valence-electron chi connectivity index (χ2n) is 7.72. The summed E-state index contributed by atoms with van der Waals surface area (Å²) >= 11 is 1.73. The normalized spacial score (nSPS) is 18.2. The van der Waals surface area contributed by atoms with Crippen LogP contribution in [0.25, 0.3) is 0 Å². The van der Waals surface area contributed by atoms with E-state index >= 15 is 0 Å². The fraction of sp³-hybridized carbons (Fsp3) is 0.292. The minimum atomic E-state index is -0.257. The van der Waals surface area contributed by atoms with E-state index in [0.717, 1.165) is 53.5 Å². The van der Waals surface area contributed by atoms with E-state index in [1.54, 1.807) is 11.3 Å². The summed E-state index contributed by atoms with van der Waals surface area (Å²) in [6.07, 6.45) is 0.685. The SMILES string of the molecule is CCN1CCc2c(sc3c2C(=O)N[C@H](c2cccc(OCc4ccccc4)c2)N3)C1. The van der Waals surface area contributed by atoms with Crippen molar-refractivity contribution in [3.8, 4) is 5.75 Å². The molecule has 1 amide bonds. The van der Waals surface area contributed by atoms with E-state index in [9.17, 15) is 4.79 Å². The number of amides is 1. The molecular weight excluding hydrogens is 394 g/mol. The molecule has 6 heteroatoms. The lowest BCUT2D eigenvalue weighted by atomic mass is 10.0. The van der Waals surface area contributed by atoms with Crippen molar-refractivity contribution in [2.45, 2.75) is 32.7 Å². The fourth-order valence-corrected chi connectivity index (χ4v) is 5.45. The van der Waals surface area contributed by atoms with Crippen molar-refractivity contribution in [2.24, 2.45) is 0 Å². The number of nitrogens with zero attached hydrogens (tertiary/aromatic N) is 1. The zero-order valence-corrected chi connectivity index (χ0v) is 17.8. The van der Waals surface area contributed by atoms with Crippen LogP contribution in [0.5, 0.6) is 5.75 Å². The summed E-state index contributed by atoms with van der Waals surface area (Å²) in [6.45, 7) is 5.70. The molecule has 0 saturated heterocycles. The number of nitrogens with one attached hydrogen (secondary N) is 2. The van der Waals surface area contributed by atoms with E-state index in [2.05, 4.69) is 22.5 Å². The van der Waals surface area contributed by atoms with E-state index in [-0.39, 0.29) is 12.1 Å². The largest absolute Gasteiger partial charge is 0.489 e. The van der Waals surface area contributed by atoms with Gasteiger partial charge in [0.05, 0.1) is 5.56 Å². The molecule has 1 atom stereocenters. The summed E-state index contributed by atoms with van der Waals surface area (Å²) in [6, 6.07) is 18.0. The highest BCUT2D eigenvalue weighted by Crippen LogP contribution is 2.40. The lowest BCUT2D eigenvalue weighted by Gasteiger charge is -2.28. The monoisotopic (exact) mass is 419 g/mol. The Balaban J connectivity index is 1.34. The Morgan fingerprint density at radius 2 is 2.00 bits per heavy atom. The quantitative estimate of drug-likeness (QED) is 0.637. The molecule has 0 radical (unpaired) electrons. The third-order valence-corrected chi connectivity index (χ3v) is 6.95. The van der Waals surface area contributed by atoms with Gasteiger partial charge >= 0.3 is 0 Å². The van der Waals surface area contributed by atoms with Crippen LogP contribution in [-0.2, 0) is 19.6 Å². The molecule has 0 spiro atoms. The van der Waals surface area contributed by atoms with E-state index in [1.165, 1.54) is 10.4 Å². The molecule has 2 aliphatic rings. The van der Waals surface area contributed by atoms with Gasteiger partial charge in [0.15, 0.2) is 0 Å². The zero-order valence-electron chi connectivity index (χ0n) is 17.0. The van der Waals surface area contributed by atoms with Crippen molar-refractivity contribution >= 4 is 22.2 Å². The first-order chi connectivity index (χ1) is 14.7. The molecule has 0 fully saturated rings. The van der Waals surface area contributed by atoms with Crippen molar-refractivity contribution in [2.75, 3.05) is 18.4 Å². The minimum absolute atomic E-state index is 0.0202.